The van der Waals surface area contributed by atoms with Crippen molar-refractivity contribution in [2.45, 2.75) is 0 Å². The number of piperazine rings is 1. The summed E-state index contributed by atoms with van der Waals surface area (Å²) in [5.41, 5.74) is -0.317. The van der Waals surface area contributed by atoms with Gasteiger partial charge in [0.05, 0.1) is 11.9 Å². The van der Waals surface area contributed by atoms with Gasteiger partial charge in [0.2, 0.25) is 0 Å². The van der Waals surface area contributed by atoms with Gasteiger partial charge in [-0.2, -0.15) is 9.78 Å². The number of aromatic nitrogens is 3. The van der Waals surface area contributed by atoms with Gasteiger partial charge < -0.3 is 9.80 Å². The first-order chi connectivity index (χ1) is 13.5. The van der Waals surface area contributed by atoms with Crippen LogP contribution >= 0.6 is 11.6 Å². The van der Waals surface area contributed by atoms with Crippen LogP contribution in [-0.2, 0) is 0 Å². The molecule has 0 unspecified atom stereocenters. The van der Waals surface area contributed by atoms with Gasteiger partial charge in [-0.3, -0.25) is 4.79 Å². The number of benzene rings is 1. The minimum atomic E-state index is -0.887. The Kier molecular flexibility index (Phi) is 4.95. The Morgan fingerprint density at radius 1 is 0.964 bits per heavy atom. The lowest BCUT2D eigenvalue weighted by Gasteiger charge is -2.36. The average molecular weight is 404 g/mol. The molecule has 1 aromatic carbocycles. The fourth-order valence-electron chi connectivity index (χ4n) is 3.19. The predicted octanol–water partition coefficient (Wildman–Crippen LogP) is 2.89. The van der Waals surface area contributed by atoms with Crippen molar-refractivity contribution in [2.75, 3.05) is 36.0 Å². The van der Waals surface area contributed by atoms with Crippen LogP contribution in [0.2, 0.25) is 5.02 Å². The molecule has 0 spiro atoms. The lowest BCUT2D eigenvalue weighted by atomic mass is 10.2. The molecule has 1 aliphatic rings. The highest BCUT2D eigenvalue weighted by Gasteiger charge is 2.22. The second-order valence-electron chi connectivity index (χ2n) is 6.32. The van der Waals surface area contributed by atoms with Gasteiger partial charge >= 0.3 is 0 Å². The highest BCUT2D eigenvalue weighted by molar-refractivity contribution is 6.33. The Morgan fingerprint density at radius 3 is 2.39 bits per heavy atom. The Hall–Kier alpha value is -3.00. The molecule has 1 saturated heterocycles. The van der Waals surface area contributed by atoms with E-state index >= 15 is 0 Å². The normalized spacial score (nSPS) is 14.4. The number of hydrogen-bond acceptors (Lipinski definition) is 5. The number of nitrogens with zero attached hydrogens (tertiary/aromatic N) is 5. The van der Waals surface area contributed by atoms with Gasteiger partial charge in [-0.25, -0.2) is 13.8 Å². The lowest BCUT2D eigenvalue weighted by molar-refractivity contribution is 0.570. The van der Waals surface area contributed by atoms with Gasteiger partial charge in [-0.05, 0) is 24.3 Å². The van der Waals surface area contributed by atoms with Crippen molar-refractivity contribution >= 4 is 23.1 Å². The molecule has 1 aliphatic heterocycles. The van der Waals surface area contributed by atoms with Gasteiger partial charge in [-0.15, -0.1) is 0 Å². The second-order valence-corrected chi connectivity index (χ2v) is 6.70. The molecular formula is C19H16ClF2N5O. The summed E-state index contributed by atoms with van der Waals surface area (Å²) in [6, 6.07) is 8.66. The summed E-state index contributed by atoms with van der Waals surface area (Å²) in [5.74, 6) is -0.723. The minimum absolute atomic E-state index is 0.0509. The van der Waals surface area contributed by atoms with Crippen molar-refractivity contribution in [2.24, 2.45) is 0 Å². The largest absolute Gasteiger partial charge is 0.365 e. The van der Waals surface area contributed by atoms with Crippen LogP contribution < -0.4 is 15.4 Å². The molecule has 0 radical (unpaired) electrons. The predicted molar refractivity (Wildman–Crippen MR) is 103 cm³/mol. The number of pyridine rings is 1. The molecule has 0 atom stereocenters. The van der Waals surface area contributed by atoms with Gasteiger partial charge in [-0.1, -0.05) is 17.7 Å². The van der Waals surface area contributed by atoms with Crippen molar-refractivity contribution in [1.29, 1.82) is 0 Å². The molecule has 3 heterocycles. The standard InChI is InChI=1S/C19H16ClF2N5O/c20-18-16(25-7-9-26(10-8-25)17-3-1-2-6-23-17)12-24-27(19(18)28)15-5-4-13(21)11-14(15)22/h1-6,11-12H,7-10H2. The van der Waals surface area contributed by atoms with E-state index in [2.05, 4.69) is 15.0 Å². The molecule has 0 N–H and O–H groups in total. The van der Waals surface area contributed by atoms with E-state index in [1.54, 1.807) is 6.20 Å². The van der Waals surface area contributed by atoms with Crippen molar-refractivity contribution in [3.63, 3.8) is 0 Å². The molecule has 1 fully saturated rings. The van der Waals surface area contributed by atoms with Crippen LogP contribution in [0.1, 0.15) is 0 Å². The van der Waals surface area contributed by atoms with Gasteiger partial charge in [0.25, 0.3) is 5.56 Å². The molecule has 4 rings (SSSR count). The maximum Gasteiger partial charge on any atom is 0.292 e. The molecule has 0 aliphatic carbocycles. The second kappa shape index (κ2) is 7.55. The third kappa shape index (κ3) is 3.43. The summed E-state index contributed by atoms with van der Waals surface area (Å²) >= 11 is 6.28. The van der Waals surface area contributed by atoms with E-state index in [0.717, 1.165) is 22.6 Å². The Bertz CT molecular complexity index is 1050. The molecule has 3 aromatic rings. The highest BCUT2D eigenvalue weighted by Crippen LogP contribution is 2.24. The van der Waals surface area contributed by atoms with E-state index in [9.17, 15) is 13.6 Å². The monoisotopic (exact) mass is 403 g/mol. The fourth-order valence-corrected chi connectivity index (χ4v) is 3.43. The summed E-state index contributed by atoms with van der Waals surface area (Å²) in [7, 11) is 0. The van der Waals surface area contributed by atoms with Crippen LogP contribution in [0.3, 0.4) is 0 Å². The maximum absolute atomic E-state index is 14.0. The number of hydrogen-bond donors (Lipinski definition) is 0. The Balaban J connectivity index is 1.57. The van der Waals surface area contributed by atoms with E-state index in [-0.39, 0.29) is 10.7 Å². The molecule has 0 saturated carbocycles. The van der Waals surface area contributed by atoms with Crippen LogP contribution in [0.4, 0.5) is 20.3 Å². The molecule has 28 heavy (non-hydrogen) atoms. The van der Waals surface area contributed by atoms with Crippen LogP contribution in [0.25, 0.3) is 5.69 Å². The van der Waals surface area contributed by atoms with Gasteiger partial charge in [0, 0.05) is 38.4 Å². The third-order valence-electron chi connectivity index (χ3n) is 4.63. The summed E-state index contributed by atoms with van der Waals surface area (Å²) in [4.78, 5) is 21.1. The van der Waals surface area contributed by atoms with E-state index in [4.69, 9.17) is 11.6 Å². The third-order valence-corrected chi connectivity index (χ3v) is 4.99. The molecule has 6 nitrogen and oxygen atoms in total. The zero-order chi connectivity index (χ0) is 19.7. The van der Waals surface area contributed by atoms with Crippen molar-refractivity contribution in [3.05, 3.63) is 75.8 Å². The average Bonchev–Trinajstić information content (AvgIpc) is 2.71. The van der Waals surface area contributed by atoms with Crippen LogP contribution in [-0.4, -0.2) is 40.9 Å². The van der Waals surface area contributed by atoms with E-state index in [0.29, 0.717) is 37.9 Å². The highest BCUT2D eigenvalue weighted by atomic mass is 35.5. The quantitative estimate of drug-likeness (QED) is 0.673. The van der Waals surface area contributed by atoms with Crippen molar-refractivity contribution in [3.8, 4) is 5.69 Å². The SMILES string of the molecule is O=c1c(Cl)c(N2CCN(c3ccccn3)CC2)cnn1-c1ccc(F)cc1F. The molecule has 2 aromatic heterocycles. The molecule has 144 valence electrons. The van der Waals surface area contributed by atoms with Crippen LogP contribution in [0, 0.1) is 11.6 Å². The number of rotatable bonds is 3. The molecule has 9 heteroatoms. The lowest BCUT2D eigenvalue weighted by Crippen LogP contribution is -2.47. The molecular weight excluding hydrogens is 388 g/mol. The first-order valence-corrected chi connectivity index (χ1v) is 9.06. The van der Waals surface area contributed by atoms with Crippen LogP contribution in [0.5, 0.6) is 0 Å². The smallest absolute Gasteiger partial charge is 0.292 e. The minimum Gasteiger partial charge on any atom is -0.365 e. The van der Waals surface area contributed by atoms with Crippen LogP contribution in [0.15, 0.2) is 53.6 Å². The first kappa shape index (κ1) is 18.4. The zero-order valence-electron chi connectivity index (χ0n) is 14.7. The van der Waals surface area contributed by atoms with Gasteiger partial charge in [0.1, 0.15) is 22.3 Å². The summed E-state index contributed by atoms with van der Waals surface area (Å²) < 4.78 is 28.0. The number of halogens is 3. The van der Waals surface area contributed by atoms with Crippen molar-refractivity contribution in [1.82, 2.24) is 14.8 Å². The van der Waals surface area contributed by atoms with E-state index < -0.39 is 17.2 Å². The summed E-state index contributed by atoms with van der Waals surface area (Å²) in [6.07, 6.45) is 3.18. The Labute approximate surface area is 164 Å². The Morgan fingerprint density at radius 2 is 1.71 bits per heavy atom. The molecule has 0 amide bonds. The summed E-state index contributed by atoms with van der Waals surface area (Å²) in [6.45, 7) is 2.69. The summed E-state index contributed by atoms with van der Waals surface area (Å²) in [5, 5.41) is 3.99. The maximum atomic E-state index is 14.0. The fraction of sp³-hybridized carbons (Fsp3) is 0.211. The van der Waals surface area contributed by atoms with E-state index in [1.807, 2.05) is 23.1 Å². The zero-order valence-corrected chi connectivity index (χ0v) is 15.5. The topological polar surface area (TPSA) is 54.3 Å². The van der Waals surface area contributed by atoms with Gasteiger partial charge in [0.15, 0.2) is 5.82 Å². The first-order valence-electron chi connectivity index (χ1n) is 8.69. The number of anilines is 2. The van der Waals surface area contributed by atoms with Crippen molar-refractivity contribution < 1.29 is 8.78 Å². The molecule has 0 bridgehead atoms. The van der Waals surface area contributed by atoms with E-state index in [1.165, 1.54) is 6.20 Å².